The fourth-order valence-corrected chi connectivity index (χ4v) is 2.46. The number of hydrogen-bond acceptors (Lipinski definition) is 5. The molecule has 2 unspecified atom stereocenters. The number of nitrogens with two attached hydrogens (primary N) is 1. The number of primary amides is 1. The van der Waals surface area contributed by atoms with Crippen molar-refractivity contribution in [1.82, 2.24) is 9.62 Å². The van der Waals surface area contributed by atoms with Crippen LogP contribution in [0.15, 0.2) is 0 Å². The van der Waals surface area contributed by atoms with Crippen LogP contribution in [0.5, 0.6) is 0 Å². The van der Waals surface area contributed by atoms with Gasteiger partial charge in [-0.25, -0.2) is 8.42 Å². The Morgan fingerprint density at radius 3 is 2.59 bits per heavy atom. The molecule has 2 atom stereocenters. The lowest BCUT2D eigenvalue weighted by atomic mass is 10.2. The molecule has 0 aromatic heterocycles. The molecular weight excluding hydrogens is 250 g/mol. The summed E-state index contributed by atoms with van der Waals surface area (Å²) in [4.78, 5) is 23.8. The molecule has 1 rings (SSSR count). The predicted octanol–water partition coefficient (Wildman–Crippen LogP) is -2.67. The quantitative estimate of drug-likeness (QED) is 0.477. The summed E-state index contributed by atoms with van der Waals surface area (Å²) >= 11 is 0. The molecular formula is C8H15N3O5S. The lowest BCUT2D eigenvalue weighted by Gasteiger charge is -2.25. The van der Waals surface area contributed by atoms with Gasteiger partial charge in [0.25, 0.3) is 5.91 Å². The summed E-state index contributed by atoms with van der Waals surface area (Å²) in [5, 5.41) is 9.86. The molecule has 1 fully saturated rings. The van der Waals surface area contributed by atoms with E-state index < -0.39 is 33.6 Å². The Kier molecular flexibility index (Phi) is 3.46. The molecule has 0 aromatic rings. The van der Waals surface area contributed by atoms with Crippen molar-refractivity contribution in [3.63, 3.8) is 0 Å². The average Bonchev–Trinajstić information content (AvgIpc) is 2.39. The number of rotatable bonds is 4. The Bertz CT molecular complexity index is 448. The van der Waals surface area contributed by atoms with Crippen LogP contribution in [0.1, 0.15) is 13.3 Å². The number of amides is 2. The molecule has 1 heterocycles. The fourth-order valence-electron chi connectivity index (χ4n) is 1.65. The number of nitrogens with one attached hydrogen (secondary N) is 1. The van der Waals surface area contributed by atoms with Crippen molar-refractivity contribution in [2.45, 2.75) is 25.1 Å². The summed E-state index contributed by atoms with van der Waals surface area (Å²) in [5.41, 5.74) is 2.86. The zero-order chi connectivity index (χ0) is 13.4. The minimum absolute atomic E-state index is 0.0575. The third kappa shape index (κ3) is 2.93. The van der Waals surface area contributed by atoms with Crippen LogP contribution in [0.25, 0.3) is 0 Å². The molecule has 1 saturated heterocycles. The standard InChI is InChI=1S/C8H15N3O5S/c1-5(6(9)12)11-4-3-8(14,7(11)13)10-17(2,15)16/h5,10,14H,3-4H2,1-2H3,(H2,9,12). The van der Waals surface area contributed by atoms with E-state index in [0.717, 1.165) is 11.2 Å². The summed E-state index contributed by atoms with van der Waals surface area (Å²) < 4.78 is 23.9. The highest BCUT2D eigenvalue weighted by Crippen LogP contribution is 2.23. The Morgan fingerprint density at radius 1 is 1.65 bits per heavy atom. The topological polar surface area (TPSA) is 130 Å². The molecule has 0 radical (unpaired) electrons. The van der Waals surface area contributed by atoms with Gasteiger partial charge in [-0.1, -0.05) is 0 Å². The highest BCUT2D eigenvalue weighted by atomic mass is 32.2. The van der Waals surface area contributed by atoms with Crippen molar-refractivity contribution in [2.75, 3.05) is 12.8 Å². The minimum Gasteiger partial charge on any atom is -0.368 e. The molecule has 0 saturated carbocycles. The molecule has 0 aromatic carbocycles. The van der Waals surface area contributed by atoms with Crippen LogP contribution in [0, 0.1) is 0 Å². The second-order valence-electron chi connectivity index (χ2n) is 4.06. The molecule has 2 amide bonds. The van der Waals surface area contributed by atoms with E-state index in [0.29, 0.717) is 0 Å². The Hall–Kier alpha value is -1.19. The number of carbonyl (C=O) groups is 2. The van der Waals surface area contributed by atoms with E-state index >= 15 is 0 Å². The van der Waals surface area contributed by atoms with Crippen molar-refractivity contribution in [2.24, 2.45) is 5.73 Å². The van der Waals surface area contributed by atoms with Crippen molar-refractivity contribution < 1.29 is 23.1 Å². The molecule has 0 spiro atoms. The SMILES string of the molecule is CC(C(N)=O)N1CCC(O)(NS(C)(=O)=O)C1=O. The van der Waals surface area contributed by atoms with Gasteiger partial charge >= 0.3 is 0 Å². The number of sulfonamides is 1. The van der Waals surface area contributed by atoms with E-state index in [-0.39, 0.29) is 13.0 Å². The summed E-state index contributed by atoms with van der Waals surface area (Å²) in [6.45, 7) is 1.47. The maximum absolute atomic E-state index is 11.8. The van der Waals surface area contributed by atoms with Gasteiger partial charge in [0.15, 0.2) is 0 Å². The van der Waals surface area contributed by atoms with Crippen molar-refractivity contribution >= 4 is 21.8 Å². The smallest absolute Gasteiger partial charge is 0.271 e. The fraction of sp³-hybridized carbons (Fsp3) is 0.750. The third-order valence-electron chi connectivity index (χ3n) is 2.56. The van der Waals surface area contributed by atoms with E-state index in [2.05, 4.69) is 0 Å². The number of aliphatic hydroxyl groups is 1. The molecule has 8 nitrogen and oxygen atoms in total. The van der Waals surface area contributed by atoms with Crippen molar-refractivity contribution in [3.05, 3.63) is 0 Å². The Labute approximate surface area is 98.8 Å². The van der Waals surface area contributed by atoms with Crippen molar-refractivity contribution in [3.8, 4) is 0 Å². The second-order valence-corrected chi connectivity index (χ2v) is 5.81. The van der Waals surface area contributed by atoms with E-state index in [4.69, 9.17) is 5.73 Å². The van der Waals surface area contributed by atoms with Gasteiger partial charge in [-0.15, -0.1) is 0 Å². The zero-order valence-corrected chi connectivity index (χ0v) is 10.3. The first-order valence-electron chi connectivity index (χ1n) is 4.88. The Balaban J connectivity index is 2.90. The van der Waals surface area contributed by atoms with Gasteiger partial charge in [0.2, 0.25) is 21.7 Å². The molecule has 0 bridgehead atoms. The molecule has 4 N–H and O–H groups in total. The van der Waals surface area contributed by atoms with Gasteiger partial charge in [0.05, 0.1) is 6.26 Å². The normalized spacial score (nSPS) is 27.2. The first-order chi connectivity index (χ1) is 7.57. The summed E-state index contributed by atoms with van der Waals surface area (Å²) in [5.74, 6) is -1.59. The number of nitrogens with zero attached hydrogens (tertiary/aromatic N) is 1. The van der Waals surface area contributed by atoms with Gasteiger partial charge < -0.3 is 15.7 Å². The lowest BCUT2D eigenvalue weighted by molar-refractivity contribution is -0.148. The van der Waals surface area contributed by atoms with Gasteiger partial charge in [-0.05, 0) is 6.92 Å². The van der Waals surface area contributed by atoms with Gasteiger partial charge in [0.1, 0.15) is 6.04 Å². The minimum atomic E-state index is -3.73. The van der Waals surface area contributed by atoms with Crippen LogP contribution in [-0.4, -0.2) is 54.8 Å². The van der Waals surface area contributed by atoms with Crippen LogP contribution in [0.3, 0.4) is 0 Å². The number of carbonyl (C=O) groups excluding carboxylic acids is 2. The summed E-state index contributed by atoms with van der Waals surface area (Å²) in [6.07, 6.45) is 0.703. The van der Waals surface area contributed by atoms with Crippen molar-refractivity contribution in [1.29, 1.82) is 0 Å². The van der Waals surface area contributed by atoms with E-state index in [1.165, 1.54) is 6.92 Å². The first-order valence-corrected chi connectivity index (χ1v) is 6.78. The maximum Gasteiger partial charge on any atom is 0.271 e. The van der Waals surface area contributed by atoms with Gasteiger partial charge in [-0.3, -0.25) is 9.59 Å². The van der Waals surface area contributed by atoms with Crippen LogP contribution < -0.4 is 10.5 Å². The monoisotopic (exact) mass is 265 g/mol. The van der Waals surface area contributed by atoms with Crippen LogP contribution in [0.2, 0.25) is 0 Å². The lowest BCUT2D eigenvalue weighted by Crippen LogP contribution is -2.55. The summed E-state index contributed by atoms with van der Waals surface area (Å²) in [6, 6.07) is -0.891. The maximum atomic E-state index is 11.8. The van der Waals surface area contributed by atoms with E-state index in [9.17, 15) is 23.1 Å². The first kappa shape index (κ1) is 13.9. The van der Waals surface area contributed by atoms with Crippen LogP contribution in [-0.2, 0) is 19.6 Å². The Morgan fingerprint density at radius 2 is 2.18 bits per heavy atom. The highest BCUT2D eigenvalue weighted by Gasteiger charge is 2.49. The van der Waals surface area contributed by atoms with E-state index in [1.807, 2.05) is 4.72 Å². The molecule has 1 aliphatic rings. The number of hydrogen-bond donors (Lipinski definition) is 3. The highest BCUT2D eigenvalue weighted by molar-refractivity contribution is 7.88. The molecule has 17 heavy (non-hydrogen) atoms. The largest absolute Gasteiger partial charge is 0.368 e. The van der Waals surface area contributed by atoms with E-state index in [1.54, 1.807) is 0 Å². The summed E-state index contributed by atoms with van der Waals surface area (Å²) in [7, 11) is -3.73. The predicted molar refractivity (Wildman–Crippen MR) is 57.9 cm³/mol. The molecule has 98 valence electrons. The van der Waals surface area contributed by atoms with Crippen LogP contribution in [0.4, 0.5) is 0 Å². The third-order valence-corrected chi connectivity index (χ3v) is 3.27. The molecule has 0 aliphatic carbocycles. The van der Waals surface area contributed by atoms with Gasteiger partial charge in [0, 0.05) is 13.0 Å². The zero-order valence-electron chi connectivity index (χ0n) is 9.50. The van der Waals surface area contributed by atoms with Gasteiger partial charge in [-0.2, -0.15) is 4.72 Å². The second kappa shape index (κ2) is 4.24. The average molecular weight is 265 g/mol. The number of likely N-dealkylation sites (tertiary alicyclic amines) is 1. The molecule has 9 heteroatoms. The van der Waals surface area contributed by atoms with Crippen LogP contribution >= 0.6 is 0 Å². The molecule has 1 aliphatic heterocycles.